The minimum absolute atomic E-state index is 0.578. The Labute approximate surface area is 150 Å². The molecule has 0 atom stereocenters. The summed E-state index contributed by atoms with van der Waals surface area (Å²) in [6, 6.07) is 2.14. The number of anilines is 3. The van der Waals surface area contributed by atoms with E-state index in [2.05, 4.69) is 33.4 Å². The summed E-state index contributed by atoms with van der Waals surface area (Å²) in [5.41, 5.74) is 0. The summed E-state index contributed by atoms with van der Waals surface area (Å²) in [4.78, 5) is 14.1. The molecule has 0 amide bonds. The van der Waals surface area contributed by atoms with Crippen molar-refractivity contribution < 1.29 is 0 Å². The normalized spacial score (nSPS) is 18.8. The average Bonchev–Trinajstić information content (AvgIpc) is 3.10. The number of thiocarbonyl (C=S) groups is 1. The van der Waals surface area contributed by atoms with Crippen LogP contribution in [0.2, 0.25) is 0 Å². The fourth-order valence-corrected chi connectivity index (χ4v) is 3.53. The van der Waals surface area contributed by atoms with E-state index in [1.54, 1.807) is 0 Å². The maximum atomic E-state index is 5.30. The van der Waals surface area contributed by atoms with Crippen molar-refractivity contribution in [3.63, 3.8) is 0 Å². The van der Waals surface area contributed by atoms with Gasteiger partial charge in [0.15, 0.2) is 5.11 Å². The van der Waals surface area contributed by atoms with E-state index < -0.39 is 0 Å². The van der Waals surface area contributed by atoms with Crippen LogP contribution in [0.1, 0.15) is 39.5 Å². The summed E-state index contributed by atoms with van der Waals surface area (Å²) in [5, 5.41) is 6.82. The Bertz CT molecular complexity index is 564. The predicted molar refractivity (Wildman–Crippen MR) is 104 cm³/mol. The van der Waals surface area contributed by atoms with Crippen LogP contribution in [0.25, 0.3) is 0 Å². The third-order valence-electron chi connectivity index (χ3n) is 4.80. The summed E-state index contributed by atoms with van der Waals surface area (Å²) >= 11 is 5.30. The second kappa shape index (κ2) is 7.96. The Balaban J connectivity index is 1.83. The first-order valence-electron chi connectivity index (χ1n) is 9.09. The van der Waals surface area contributed by atoms with Crippen molar-refractivity contribution in [1.82, 2.24) is 15.3 Å². The molecule has 0 spiro atoms. The number of hydrogen-bond acceptors (Lipinski definition) is 5. The molecule has 2 aliphatic rings. The van der Waals surface area contributed by atoms with E-state index in [4.69, 9.17) is 22.2 Å². The highest BCUT2D eigenvalue weighted by Gasteiger charge is 2.21. The standard InChI is InChI=1S/C17H28N6S/c1-3-18-17(24)21-16-19-14(22-8-4-5-9-22)12-15(20-16)23-10-6-13(2)7-11-23/h12-13H,3-11H2,1-2H3,(H2,18,19,20,21,24). The molecule has 0 saturated carbocycles. The zero-order valence-electron chi connectivity index (χ0n) is 14.7. The van der Waals surface area contributed by atoms with E-state index >= 15 is 0 Å². The fraction of sp³-hybridized carbons (Fsp3) is 0.706. The van der Waals surface area contributed by atoms with Gasteiger partial charge < -0.3 is 20.4 Å². The van der Waals surface area contributed by atoms with Gasteiger partial charge in [-0.2, -0.15) is 9.97 Å². The summed E-state index contributed by atoms with van der Waals surface area (Å²) in [7, 11) is 0. The molecule has 3 heterocycles. The first kappa shape index (κ1) is 17.2. The molecule has 132 valence electrons. The molecule has 0 bridgehead atoms. The molecule has 0 aromatic carbocycles. The molecule has 3 rings (SSSR count). The molecule has 2 fully saturated rings. The highest BCUT2D eigenvalue weighted by molar-refractivity contribution is 7.80. The minimum Gasteiger partial charge on any atom is -0.363 e. The topological polar surface area (TPSA) is 56.3 Å². The summed E-state index contributed by atoms with van der Waals surface area (Å²) < 4.78 is 0. The third-order valence-corrected chi connectivity index (χ3v) is 5.05. The summed E-state index contributed by atoms with van der Waals surface area (Å²) in [6.45, 7) is 9.41. The number of piperidine rings is 1. The third kappa shape index (κ3) is 4.26. The van der Waals surface area contributed by atoms with Gasteiger partial charge in [-0.05, 0) is 50.7 Å². The quantitative estimate of drug-likeness (QED) is 0.811. The van der Waals surface area contributed by atoms with Crippen LogP contribution in [0.4, 0.5) is 17.6 Å². The van der Waals surface area contributed by atoms with E-state index in [0.717, 1.165) is 50.3 Å². The molecule has 2 N–H and O–H groups in total. The van der Waals surface area contributed by atoms with Gasteiger partial charge >= 0.3 is 0 Å². The second-order valence-electron chi connectivity index (χ2n) is 6.76. The maximum Gasteiger partial charge on any atom is 0.232 e. The minimum atomic E-state index is 0.578. The molecule has 7 heteroatoms. The predicted octanol–water partition coefficient (Wildman–Crippen LogP) is 2.62. The lowest BCUT2D eigenvalue weighted by Gasteiger charge is -2.32. The Morgan fingerprint density at radius 2 is 1.71 bits per heavy atom. The lowest BCUT2D eigenvalue weighted by Crippen LogP contribution is -2.34. The molecule has 1 aromatic heterocycles. The average molecular weight is 349 g/mol. The highest BCUT2D eigenvalue weighted by atomic mass is 32.1. The molecule has 1 aromatic rings. The van der Waals surface area contributed by atoms with Crippen molar-refractivity contribution in [1.29, 1.82) is 0 Å². The van der Waals surface area contributed by atoms with Crippen LogP contribution in [0.5, 0.6) is 0 Å². The van der Waals surface area contributed by atoms with Gasteiger partial charge in [-0.3, -0.25) is 0 Å². The number of aromatic nitrogens is 2. The molecule has 6 nitrogen and oxygen atoms in total. The van der Waals surface area contributed by atoms with E-state index in [1.165, 1.54) is 25.7 Å². The van der Waals surface area contributed by atoms with Crippen molar-refractivity contribution in [3.05, 3.63) is 6.07 Å². The number of nitrogens with zero attached hydrogens (tertiary/aromatic N) is 4. The lowest BCUT2D eigenvalue weighted by atomic mass is 9.99. The lowest BCUT2D eigenvalue weighted by molar-refractivity contribution is 0.436. The summed E-state index contributed by atoms with van der Waals surface area (Å²) in [5.74, 6) is 3.43. The zero-order valence-corrected chi connectivity index (χ0v) is 15.5. The van der Waals surface area contributed by atoms with Crippen LogP contribution in [0.15, 0.2) is 6.07 Å². The van der Waals surface area contributed by atoms with Gasteiger partial charge in [-0.1, -0.05) is 6.92 Å². The van der Waals surface area contributed by atoms with Gasteiger partial charge in [-0.15, -0.1) is 0 Å². The molecule has 24 heavy (non-hydrogen) atoms. The van der Waals surface area contributed by atoms with Gasteiger partial charge in [0.25, 0.3) is 0 Å². The van der Waals surface area contributed by atoms with Gasteiger partial charge in [0.05, 0.1) is 0 Å². The van der Waals surface area contributed by atoms with Crippen LogP contribution in [0.3, 0.4) is 0 Å². The van der Waals surface area contributed by atoms with E-state index in [1.807, 2.05) is 6.92 Å². The Hall–Kier alpha value is -1.63. The summed E-state index contributed by atoms with van der Waals surface area (Å²) in [6.07, 6.45) is 4.92. The SMILES string of the molecule is CCNC(=S)Nc1nc(N2CCCC2)cc(N2CCC(C)CC2)n1. The van der Waals surface area contributed by atoms with E-state index in [0.29, 0.717) is 11.1 Å². The van der Waals surface area contributed by atoms with Crippen molar-refractivity contribution in [3.8, 4) is 0 Å². The van der Waals surface area contributed by atoms with Crippen LogP contribution >= 0.6 is 12.2 Å². The molecule has 2 saturated heterocycles. The first-order valence-corrected chi connectivity index (χ1v) is 9.50. The smallest absolute Gasteiger partial charge is 0.232 e. The first-order chi connectivity index (χ1) is 11.7. The molecule has 0 radical (unpaired) electrons. The Morgan fingerprint density at radius 3 is 2.29 bits per heavy atom. The molecule has 0 aliphatic carbocycles. The largest absolute Gasteiger partial charge is 0.363 e. The van der Waals surface area contributed by atoms with Crippen LogP contribution in [0, 0.1) is 5.92 Å². The molecule has 2 aliphatic heterocycles. The zero-order chi connectivity index (χ0) is 16.9. The van der Waals surface area contributed by atoms with Crippen LogP contribution in [-0.4, -0.2) is 47.8 Å². The van der Waals surface area contributed by atoms with E-state index in [-0.39, 0.29) is 0 Å². The van der Waals surface area contributed by atoms with Crippen molar-refractivity contribution in [2.24, 2.45) is 5.92 Å². The Kier molecular flexibility index (Phi) is 5.71. The van der Waals surface area contributed by atoms with Crippen molar-refractivity contribution >= 4 is 34.9 Å². The molecular formula is C17H28N6S. The molecular weight excluding hydrogens is 320 g/mol. The number of hydrogen-bond donors (Lipinski definition) is 2. The van der Waals surface area contributed by atoms with E-state index in [9.17, 15) is 0 Å². The molecule has 0 unspecified atom stereocenters. The van der Waals surface area contributed by atoms with Gasteiger partial charge in [0.2, 0.25) is 5.95 Å². The van der Waals surface area contributed by atoms with Crippen molar-refractivity contribution in [2.45, 2.75) is 39.5 Å². The van der Waals surface area contributed by atoms with Gasteiger partial charge in [-0.25, -0.2) is 0 Å². The van der Waals surface area contributed by atoms with Gasteiger partial charge in [0.1, 0.15) is 11.6 Å². The highest BCUT2D eigenvalue weighted by Crippen LogP contribution is 2.27. The maximum absolute atomic E-state index is 5.30. The van der Waals surface area contributed by atoms with Crippen LogP contribution in [-0.2, 0) is 0 Å². The Morgan fingerprint density at radius 1 is 1.12 bits per heavy atom. The van der Waals surface area contributed by atoms with Crippen molar-refractivity contribution in [2.75, 3.05) is 47.8 Å². The van der Waals surface area contributed by atoms with Crippen LogP contribution < -0.4 is 20.4 Å². The fourth-order valence-electron chi connectivity index (χ4n) is 3.29. The van der Waals surface area contributed by atoms with Gasteiger partial charge in [0, 0.05) is 38.8 Å². The number of nitrogens with one attached hydrogen (secondary N) is 2. The monoisotopic (exact) mass is 348 g/mol. The number of rotatable bonds is 4. The second-order valence-corrected chi connectivity index (χ2v) is 7.16.